The summed E-state index contributed by atoms with van der Waals surface area (Å²) in [6, 6.07) is 0. The van der Waals surface area contributed by atoms with E-state index in [4.69, 9.17) is 24.3 Å². The molecule has 0 radical (unpaired) electrons. The van der Waals surface area contributed by atoms with Gasteiger partial charge in [0, 0.05) is 13.0 Å². The van der Waals surface area contributed by atoms with Crippen molar-refractivity contribution in [3.8, 4) is 0 Å². The fourth-order valence-corrected chi connectivity index (χ4v) is 5.84. The zero-order valence-corrected chi connectivity index (χ0v) is 32.8. The summed E-state index contributed by atoms with van der Waals surface area (Å²) in [5.74, 6) is -0.408. The Morgan fingerprint density at radius 2 is 1.08 bits per heavy atom. The van der Waals surface area contributed by atoms with Crippen molar-refractivity contribution in [2.45, 2.75) is 168 Å². The number of rotatable bonds is 37. The van der Waals surface area contributed by atoms with Gasteiger partial charge in [-0.05, 0) is 63.9 Å². The molecule has 0 rings (SSSR count). The van der Waals surface area contributed by atoms with E-state index < -0.39 is 19.9 Å². The predicted molar refractivity (Wildman–Crippen MR) is 210 cm³/mol. The van der Waals surface area contributed by atoms with Gasteiger partial charge in [0.05, 0.1) is 19.5 Å². The lowest BCUT2D eigenvalue weighted by Crippen LogP contribution is -2.27. The highest BCUT2D eigenvalue weighted by Crippen LogP contribution is 2.43. The molecule has 0 aromatic carbocycles. The number of phosphoric ester groups is 1. The number of nitrogens with two attached hydrogens (primary N) is 1. The van der Waals surface area contributed by atoms with Crippen molar-refractivity contribution in [1.82, 2.24) is 0 Å². The molecule has 0 aliphatic heterocycles. The van der Waals surface area contributed by atoms with Gasteiger partial charge in [-0.2, -0.15) is 0 Å². The molecule has 0 aromatic heterocycles. The molecule has 0 heterocycles. The van der Waals surface area contributed by atoms with Gasteiger partial charge in [0.15, 0.2) is 6.10 Å². The zero-order chi connectivity index (χ0) is 36.6. The Balaban J connectivity index is 4.25. The van der Waals surface area contributed by atoms with Gasteiger partial charge in [-0.3, -0.25) is 13.8 Å². The van der Waals surface area contributed by atoms with Crippen LogP contribution in [0, 0.1) is 0 Å². The van der Waals surface area contributed by atoms with Crippen LogP contribution in [-0.4, -0.2) is 43.3 Å². The van der Waals surface area contributed by atoms with Gasteiger partial charge in [0.1, 0.15) is 6.61 Å². The second kappa shape index (κ2) is 38.3. The van der Waals surface area contributed by atoms with Gasteiger partial charge >= 0.3 is 13.8 Å². The Morgan fingerprint density at radius 1 is 0.620 bits per heavy atom. The highest BCUT2D eigenvalue weighted by atomic mass is 31.2. The molecular formula is C41H74NO7P. The van der Waals surface area contributed by atoms with Gasteiger partial charge in [0.2, 0.25) is 0 Å². The first-order chi connectivity index (χ1) is 24.4. The minimum absolute atomic E-state index is 0.00868. The van der Waals surface area contributed by atoms with Gasteiger partial charge in [-0.25, -0.2) is 4.57 Å². The number of carbonyl (C=O) groups is 1. The first-order valence-electron chi connectivity index (χ1n) is 19.8. The van der Waals surface area contributed by atoms with E-state index in [0.717, 1.165) is 38.5 Å². The van der Waals surface area contributed by atoms with Crippen LogP contribution in [0.2, 0.25) is 0 Å². The molecule has 8 nitrogen and oxygen atoms in total. The second-order valence-corrected chi connectivity index (χ2v) is 14.3. The first kappa shape index (κ1) is 48.0. The van der Waals surface area contributed by atoms with E-state index in [1.54, 1.807) is 6.26 Å². The number of ether oxygens (including phenoxy) is 2. The highest BCUT2D eigenvalue weighted by Gasteiger charge is 2.25. The number of allylic oxidation sites excluding steroid dienone is 9. The molecule has 0 fully saturated rings. The van der Waals surface area contributed by atoms with E-state index in [2.05, 4.69) is 62.5 Å². The summed E-state index contributed by atoms with van der Waals surface area (Å²) < 4.78 is 33.0. The molecule has 0 spiro atoms. The lowest BCUT2D eigenvalue weighted by Gasteiger charge is -2.19. The van der Waals surface area contributed by atoms with Crippen LogP contribution in [0.25, 0.3) is 0 Å². The Bertz CT molecular complexity index is 947. The molecule has 0 amide bonds. The average molecular weight is 724 g/mol. The summed E-state index contributed by atoms with van der Waals surface area (Å²) in [6.45, 7) is 4.13. The van der Waals surface area contributed by atoms with Crippen LogP contribution in [0.15, 0.2) is 60.9 Å². The first-order valence-corrected chi connectivity index (χ1v) is 21.3. The van der Waals surface area contributed by atoms with Gasteiger partial charge < -0.3 is 20.1 Å². The molecule has 50 heavy (non-hydrogen) atoms. The fraction of sp³-hybridized carbons (Fsp3) is 0.732. The maximum absolute atomic E-state index is 12.5. The van der Waals surface area contributed by atoms with Gasteiger partial charge in [0.25, 0.3) is 0 Å². The molecule has 0 bridgehead atoms. The van der Waals surface area contributed by atoms with E-state index in [1.165, 1.54) is 96.3 Å². The van der Waals surface area contributed by atoms with Crippen molar-refractivity contribution in [3.63, 3.8) is 0 Å². The minimum atomic E-state index is -4.30. The number of phosphoric acid groups is 1. The van der Waals surface area contributed by atoms with E-state index in [1.807, 2.05) is 6.08 Å². The molecule has 0 saturated carbocycles. The molecule has 0 aliphatic carbocycles. The number of carbonyl (C=O) groups excluding carboxylic acids is 1. The van der Waals surface area contributed by atoms with Crippen molar-refractivity contribution >= 4 is 13.8 Å². The molecule has 2 atom stereocenters. The number of hydrogen-bond acceptors (Lipinski definition) is 7. The smallest absolute Gasteiger partial charge is 0.472 e. The predicted octanol–water partition coefficient (Wildman–Crippen LogP) is 11.8. The normalized spacial score (nSPS) is 14.2. The van der Waals surface area contributed by atoms with Crippen LogP contribution in [0.3, 0.4) is 0 Å². The van der Waals surface area contributed by atoms with Crippen LogP contribution in [0.5, 0.6) is 0 Å². The molecule has 9 heteroatoms. The third kappa shape index (κ3) is 37.3. The van der Waals surface area contributed by atoms with Crippen molar-refractivity contribution in [3.05, 3.63) is 60.9 Å². The van der Waals surface area contributed by atoms with E-state index in [9.17, 15) is 14.3 Å². The largest absolute Gasteiger partial charge is 0.498 e. The molecular weight excluding hydrogens is 649 g/mol. The second-order valence-electron chi connectivity index (χ2n) is 12.9. The summed E-state index contributed by atoms with van der Waals surface area (Å²) in [5, 5.41) is 0. The van der Waals surface area contributed by atoms with Gasteiger partial charge in [-0.1, -0.05) is 146 Å². The Kier molecular flexibility index (Phi) is 36.8. The molecule has 0 aliphatic rings. The number of esters is 1. The quantitative estimate of drug-likeness (QED) is 0.0214. The van der Waals surface area contributed by atoms with E-state index in [0.29, 0.717) is 6.42 Å². The molecule has 0 aromatic rings. The summed E-state index contributed by atoms with van der Waals surface area (Å²) in [4.78, 5) is 22.4. The van der Waals surface area contributed by atoms with Crippen molar-refractivity contribution < 1.29 is 32.8 Å². The van der Waals surface area contributed by atoms with Crippen LogP contribution in [0.4, 0.5) is 0 Å². The SMILES string of the molecule is CCCCCC=CCC=CCC=CCC=CCCCC(=O)OC(COC=CCCCCCCCCCCCCCC)COP(=O)(O)OCCN. The van der Waals surface area contributed by atoms with E-state index >= 15 is 0 Å². The lowest BCUT2D eigenvalue weighted by molar-refractivity contribution is -0.153. The maximum atomic E-state index is 12.5. The number of hydrogen-bond donors (Lipinski definition) is 2. The Morgan fingerprint density at radius 3 is 1.64 bits per heavy atom. The molecule has 290 valence electrons. The lowest BCUT2D eigenvalue weighted by atomic mass is 10.0. The molecule has 0 saturated heterocycles. The van der Waals surface area contributed by atoms with Crippen molar-refractivity contribution in [1.29, 1.82) is 0 Å². The van der Waals surface area contributed by atoms with Crippen LogP contribution in [-0.2, 0) is 27.9 Å². The monoisotopic (exact) mass is 724 g/mol. The Labute approximate surface area is 306 Å². The summed E-state index contributed by atoms with van der Waals surface area (Å²) in [6.07, 6.45) is 46.2. The highest BCUT2D eigenvalue weighted by molar-refractivity contribution is 7.47. The summed E-state index contributed by atoms with van der Waals surface area (Å²) in [7, 11) is -4.30. The standard InChI is InChI=1S/C41H74NO7P/c1-3-5-7-9-11-13-15-17-19-20-21-22-24-26-28-30-32-34-41(43)49-40(39-48-50(44,45)47-37-35-42)38-46-36-33-31-29-27-25-23-18-16-14-12-10-8-6-4-2/h11,13,17,19,21-22,26,28,33,36,40H,3-10,12,14-16,18,20,23-25,27,29-32,34-35,37-39,42H2,1-2H3,(H,44,45). The van der Waals surface area contributed by atoms with Crippen molar-refractivity contribution in [2.24, 2.45) is 5.73 Å². The number of unbranched alkanes of at least 4 members (excludes halogenated alkanes) is 16. The minimum Gasteiger partial charge on any atom is -0.498 e. The molecule has 3 N–H and O–H groups in total. The topological polar surface area (TPSA) is 117 Å². The average Bonchev–Trinajstić information content (AvgIpc) is 3.10. The zero-order valence-electron chi connectivity index (χ0n) is 31.9. The van der Waals surface area contributed by atoms with E-state index in [-0.39, 0.29) is 32.8 Å². The third-order valence-electron chi connectivity index (χ3n) is 8.00. The van der Waals surface area contributed by atoms with Crippen LogP contribution in [0.1, 0.15) is 162 Å². The third-order valence-corrected chi connectivity index (χ3v) is 8.99. The Hall–Kier alpha value is -1.96. The summed E-state index contributed by atoms with van der Waals surface area (Å²) in [5.41, 5.74) is 5.35. The maximum Gasteiger partial charge on any atom is 0.472 e. The van der Waals surface area contributed by atoms with Crippen molar-refractivity contribution in [2.75, 3.05) is 26.4 Å². The van der Waals surface area contributed by atoms with Crippen LogP contribution < -0.4 is 5.73 Å². The van der Waals surface area contributed by atoms with Gasteiger partial charge in [-0.15, -0.1) is 0 Å². The summed E-state index contributed by atoms with van der Waals surface area (Å²) >= 11 is 0. The van der Waals surface area contributed by atoms with Crippen LogP contribution >= 0.6 is 7.82 Å². The molecule has 2 unspecified atom stereocenters. The fourth-order valence-electron chi connectivity index (χ4n) is 5.07.